The van der Waals surface area contributed by atoms with E-state index in [1.807, 2.05) is 0 Å². The van der Waals surface area contributed by atoms with Crippen LogP contribution in [0.2, 0.25) is 0 Å². The van der Waals surface area contributed by atoms with Crippen molar-refractivity contribution in [3.05, 3.63) is 60.7 Å². The van der Waals surface area contributed by atoms with Crippen molar-refractivity contribution in [2.75, 3.05) is 0 Å². The van der Waals surface area contributed by atoms with Gasteiger partial charge in [0, 0.05) is 8.41 Å². The summed E-state index contributed by atoms with van der Waals surface area (Å²) in [6, 6.07) is 21.4. The summed E-state index contributed by atoms with van der Waals surface area (Å²) in [6.07, 6.45) is 0. The zero-order chi connectivity index (χ0) is 9.38. The van der Waals surface area contributed by atoms with Crippen LogP contribution in [-0.2, 0) is 0 Å². The molecule has 0 spiro atoms. The van der Waals surface area contributed by atoms with Gasteiger partial charge in [-0.1, -0.05) is 48.5 Å². The molecule has 0 aliphatic heterocycles. The number of benzene rings is 3. The summed E-state index contributed by atoms with van der Waals surface area (Å²) in [6.45, 7) is 0. The lowest BCUT2D eigenvalue weighted by molar-refractivity contribution is 1.76. The van der Waals surface area contributed by atoms with Crippen LogP contribution in [0.5, 0.6) is 0 Å². The molecule has 0 amide bonds. The van der Waals surface area contributed by atoms with E-state index in [0.717, 1.165) is 0 Å². The van der Waals surface area contributed by atoms with Crippen LogP contribution in [0.15, 0.2) is 60.7 Å². The van der Waals surface area contributed by atoms with Gasteiger partial charge in [0.25, 0.3) is 0 Å². The van der Waals surface area contributed by atoms with Gasteiger partial charge in [-0.3, -0.25) is 0 Å². The smallest absolute Gasteiger partial charge is 0 e. The van der Waals surface area contributed by atoms with Gasteiger partial charge in [-0.25, -0.2) is 0 Å². The van der Waals surface area contributed by atoms with Crippen molar-refractivity contribution in [2.45, 2.75) is 0 Å². The molecule has 1 heteroatoms. The minimum Gasteiger partial charge on any atom is -0.0616 e. The highest BCUT2D eigenvalue weighted by Crippen LogP contribution is 2.21. The fourth-order valence-electron chi connectivity index (χ4n) is 1.88. The minimum atomic E-state index is 0. The molecule has 3 aromatic carbocycles. The summed E-state index contributed by atoms with van der Waals surface area (Å²) in [7, 11) is 0. The molecule has 3 radical (unpaired) electrons. The lowest BCUT2D eigenvalue weighted by Gasteiger charge is -2.00. The Labute approximate surface area is 91.1 Å². The fourth-order valence-corrected chi connectivity index (χ4v) is 1.88. The normalized spacial score (nSPS) is 10.1. The quantitative estimate of drug-likeness (QED) is 0.374. The Bertz CT molecular complexity index is 494. The van der Waals surface area contributed by atoms with Crippen LogP contribution in [0, 0.1) is 0 Å². The van der Waals surface area contributed by atoms with Crippen molar-refractivity contribution in [1.29, 1.82) is 0 Å². The molecule has 0 N–H and O–H groups in total. The van der Waals surface area contributed by atoms with Crippen molar-refractivity contribution in [2.24, 2.45) is 0 Å². The van der Waals surface area contributed by atoms with E-state index in [1.165, 1.54) is 21.5 Å². The van der Waals surface area contributed by atoms with Crippen molar-refractivity contribution < 1.29 is 0 Å². The maximum atomic E-state index is 2.24. The van der Waals surface area contributed by atoms with Gasteiger partial charge in [0.15, 0.2) is 0 Å². The maximum Gasteiger partial charge on any atom is 0 e. The molecule has 0 unspecified atom stereocenters. The predicted molar refractivity (Wildman–Crippen MR) is 67.2 cm³/mol. The van der Waals surface area contributed by atoms with Gasteiger partial charge < -0.3 is 0 Å². The Morgan fingerprint density at radius 2 is 0.733 bits per heavy atom. The highest BCUT2D eigenvalue weighted by Gasteiger charge is 1.95. The molecule has 0 atom stereocenters. The van der Waals surface area contributed by atoms with Crippen LogP contribution in [0.1, 0.15) is 0 Å². The Morgan fingerprint density at radius 3 is 1.00 bits per heavy atom. The van der Waals surface area contributed by atoms with E-state index in [-0.39, 0.29) is 8.41 Å². The van der Waals surface area contributed by atoms with Crippen molar-refractivity contribution in [3.8, 4) is 0 Å². The van der Waals surface area contributed by atoms with Gasteiger partial charge in [0.2, 0.25) is 0 Å². The third-order valence-corrected chi connectivity index (χ3v) is 2.61. The molecule has 69 valence electrons. The van der Waals surface area contributed by atoms with Gasteiger partial charge in [0.1, 0.15) is 0 Å². The molecule has 3 rings (SSSR count). The molecular formula is C14H10B. The van der Waals surface area contributed by atoms with Crippen molar-refractivity contribution >= 4 is 30.0 Å². The molecule has 0 bridgehead atoms. The molecular weight excluding hydrogens is 179 g/mol. The third-order valence-electron chi connectivity index (χ3n) is 2.61. The second kappa shape index (κ2) is 3.78. The van der Waals surface area contributed by atoms with E-state index < -0.39 is 0 Å². The number of rotatable bonds is 0. The Hall–Kier alpha value is -1.76. The summed E-state index contributed by atoms with van der Waals surface area (Å²) >= 11 is 0. The first-order valence-electron chi connectivity index (χ1n) is 4.81. The van der Waals surface area contributed by atoms with E-state index >= 15 is 0 Å². The highest BCUT2D eigenvalue weighted by molar-refractivity contribution is 5.98. The fraction of sp³-hybridized carbons (Fsp3) is 0. The average Bonchev–Trinajstić information content (AvgIpc) is 2.26. The molecule has 0 aromatic heterocycles. The van der Waals surface area contributed by atoms with Crippen LogP contribution >= 0.6 is 0 Å². The predicted octanol–water partition coefficient (Wildman–Crippen LogP) is 3.61. The van der Waals surface area contributed by atoms with E-state index in [2.05, 4.69) is 60.7 Å². The molecule has 0 aliphatic carbocycles. The average molecular weight is 189 g/mol. The lowest BCUT2D eigenvalue weighted by Crippen LogP contribution is -1.74. The molecule has 0 aliphatic rings. The Morgan fingerprint density at radius 1 is 0.467 bits per heavy atom. The molecule has 0 saturated carbocycles. The molecule has 0 saturated heterocycles. The summed E-state index contributed by atoms with van der Waals surface area (Å²) in [5.41, 5.74) is 0. The van der Waals surface area contributed by atoms with Crippen LogP contribution in [0.25, 0.3) is 21.5 Å². The zero-order valence-electron chi connectivity index (χ0n) is 8.35. The maximum absolute atomic E-state index is 2.24. The van der Waals surface area contributed by atoms with Crippen LogP contribution < -0.4 is 0 Å². The van der Waals surface area contributed by atoms with Gasteiger partial charge in [-0.15, -0.1) is 0 Å². The molecule has 15 heavy (non-hydrogen) atoms. The van der Waals surface area contributed by atoms with Crippen LogP contribution in [0.3, 0.4) is 0 Å². The van der Waals surface area contributed by atoms with Crippen molar-refractivity contribution in [1.82, 2.24) is 0 Å². The first kappa shape index (κ1) is 9.79. The zero-order valence-corrected chi connectivity index (χ0v) is 8.35. The lowest BCUT2D eigenvalue weighted by atomic mass is 10.0. The summed E-state index contributed by atoms with van der Waals surface area (Å²) in [5, 5.41) is 5.25. The van der Waals surface area contributed by atoms with E-state index in [1.54, 1.807) is 0 Å². The molecule has 0 heterocycles. The number of fused-ring (bicyclic) bond motifs is 2. The monoisotopic (exact) mass is 189 g/mol. The van der Waals surface area contributed by atoms with E-state index in [4.69, 9.17) is 0 Å². The molecule has 3 aromatic rings. The second-order valence-corrected chi connectivity index (χ2v) is 3.55. The SMILES string of the molecule is [B].c1ccc2cc3ccccc3cc2c1. The van der Waals surface area contributed by atoms with Gasteiger partial charge in [-0.2, -0.15) is 0 Å². The number of hydrogen-bond acceptors (Lipinski definition) is 0. The molecule has 0 fully saturated rings. The highest BCUT2D eigenvalue weighted by atomic mass is 14.0. The van der Waals surface area contributed by atoms with E-state index in [9.17, 15) is 0 Å². The summed E-state index contributed by atoms with van der Waals surface area (Å²) < 4.78 is 0. The minimum absolute atomic E-state index is 0. The van der Waals surface area contributed by atoms with Crippen LogP contribution in [-0.4, -0.2) is 8.41 Å². The first-order valence-corrected chi connectivity index (χ1v) is 4.81. The van der Waals surface area contributed by atoms with Gasteiger partial charge >= 0.3 is 0 Å². The first-order chi connectivity index (χ1) is 6.93. The summed E-state index contributed by atoms with van der Waals surface area (Å²) in [5.74, 6) is 0. The van der Waals surface area contributed by atoms with Crippen molar-refractivity contribution in [3.63, 3.8) is 0 Å². The van der Waals surface area contributed by atoms with Gasteiger partial charge in [0.05, 0.1) is 0 Å². The van der Waals surface area contributed by atoms with Crippen LogP contribution in [0.4, 0.5) is 0 Å². The van der Waals surface area contributed by atoms with E-state index in [0.29, 0.717) is 0 Å². The topological polar surface area (TPSA) is 0 Å². The standard InChI is InChI=1S/C14H10.B/c1-2-6-12-10-14-8-4-3-7-13(14)9-11(12)5-1;/h1-10H;. The molecule has 0 nitrogen and oxygen atoms in total. The Balaban J connectivity index is 0.000000853. The number of hydrogen-bond donors (Lipinski definition) is 0. The Kier molecular flexibility index (Phi) is 2.46. The third kappa shape index (κ3) is 1.61. The largest absolute Gasteiger partial charge is 0.0616 e. The summed E-state index contributed by atoms with van der Waals surface area (Å²) in [4.78, 5) is 0. The van der Waals surface area contributed by atoms with Gasteiger partial charge in [-0.05, 0) is 33.7 Å². The second-order valence-electron chi connectivity index (χ2n) is 3.55.